The number of hydrogen-bond donors (Lipinski definition) is 1. The fourth-order valence-corrected chi connectivity index (χ4v) is 4.43. The summed E-state index contributed by atoms with van der Waals surface area (Å²) < 4.78 is 66.8. The Bertz CT molecular complexity index is 924. The number of alkyl halides is 5. The number of nitrogens with zero attached hydrogens (tertiary/aromatic N) is 4. The van der Waals surface area contributed by atoms with Crippen LogP contribution in [0.25, 0.3) is 0 Å². The SMILES string of the molecule is C=Nc1c(N2C[C@@H](C)C[C@@H](NC(=O)C(C)N3CC(F)(F)C3)C2)ccc(C(F)(F)F)c1N=CC. The predicted molar refractivity (Wildman–Crippen MR) is 118 cm³/mol. The van der Waals surface area contributed by atoms with Gasteiger partial charge in [-0.05, 0) is 45.0 Å². The van der Waals surface area contributed by atoms with Gasteiger partial charge in [0.15, 0.2) is 0 Å². The van der Waals surface area contributed by atoms with Crippen LogP contribution in [0.1, 0.15) is 32.8 Å². The molecule has 2 heterocycles. The van der Waals surface area contributed by atoms with E-state index in [-0.39, 0.29) is 29.2 Å². The average molecular weight is 473 g/mol. The molecule has 3 rings (SSSR count). The van der Waals surface area contributed by atoms with Crippen LogP contribution in [0.3, 0.4) is 0 Å². The summed E-state index contributed by atoms with van der Waals surface area (Å²) in [6.45, 7) is 8.51. The zero-order chi connectivity index (χ0) is 24.6. The van der Waals surface area contributed by atoms with Crippen molar-refractivity contribution in [3.63, 3.8) is 0 Å². The van der Waals surface area contributed by atoms with Gasteiger partial charge in [-0.3, -0.25) is 19.7 Å². The van der Waals surface area contributed by atoms with Crippen LogP contribution in [0.2, 0.25) is 0 Å². The lowest BCUT2D eigenvalue weighted by atomic mass is 9.94. The minimum absolute atomic E-state index is 0.0262. The molecular formula is C22H28F5N5O. The van der Waals surface area contributed by atoms with Crippen molar-refractivity contribution < 1.29 is 26.7 Å². The van der Waals surface area contributed by atoms with Gasteiger partial charge in [0, 0.05) is 25.3 Å². The third-order valence-electron chi connectivity index (χ3n) is 5.99. The third kappa shape index (κ3) is 5.51. The molecule has 3 atom stereocenters. The highest BCUT2D eigenvalue weighted by Crippen LogP contribution is 2.47. The van der Waals surface area contributed by atoms with Crippen molar-refractivity contribution in [2.75, 3.05) is 31.1 Å². The number of benzene rings is 1. The Kier molecular flexibility index (Phi) is 7.11. The molecule has 6 nitrogen and oxygen atoms in total. The van der Waals surface area contributed by atoms with Crippen LogP contribution in [0.4, 0.5) is 39.0 Å². The maximum atomic E-state index is 13.5. The molecule has 0 bridgehead atoms. The van der Waals surface area contributed by atoms with E-state index in [1.54, 1.807) is 6.92 Å². The van der Waals surface area contributed by atoms with Gasteiger partial charge in [0.05, 0.1) is 30.4 Å². The number of amides is 1. The standard InChI is InChI=1S/C22H28F5N5O/c1-5-29-18-16(22(25,26)27)6-7-17(19(18)28-4)31-9-13(2)8-15(10-31)30-20(33)14(3)32-11-21(23,24)12-32/h5-7,13-15H,4,8-12H2,1-3H3,(H,30,33)/t13-,14?,15+/m0/s1. The smallest absolute Gasteiger partial charge is 0.367 e. The minimum Gasteiger partial charge on any atom is -0.367 e. The van der Waals surface area contributed by atoms with E-state index < -0.39 is 36.8 Å². The van der Waals surface area contributed by atoms with Crippen molar-refractivity contribution in [1.29, 1.82) is 0 Å². The van der Waals surface area contributed by atoms with Gasteiger partial charge in [-0.2, -0.15) is 13.2 Å². The third-order valence-corrected chi connectivity index (χ3v) is 5.99. The van der Waals surface area contributed by atoms with Crippen LogP contribution in [-0.2, 0) is 11.0 Å². The van der Waals surface area contributed by atoms with Gasteiger partial charge in [0.25, 0.3) is 5.92 Å². The second-order valence-electron chi connectivity index (χ2n) is 8.76. The van der Waals surface area contributed by atoms with Gasteiger partial charge in [-0.1, -0.05) is 6.92 Å². The van der Waals surface area contributed by atoms with Gasteiger partial charge >= 0.3 is 6.18 Å². The average Bonchev–Trinajstić information content (AvgIpc) is 2.69. The monoisotopic (exact) mass is 473 g/mol. The molecule has 1 aromatic carbocycles. The van der Waals surface area contributed by atoms with E-state index in [0.717, 1.165) is 6.07 Å². The van der Waals surface area contributed by atoms with Crippen molar-refractivity contribution in [3.05, 3.63) is 17.7 Å². The number of nitrogens with one attached hydrogen (secondary N) is 1. The summed E-state index contributed by atoms with van der Waals surface area (Å²) in [5.41, 5.74) is -0.733. The van der Waals surface area contributed by atoms with Crippen LogP contribution < -0.4 is 10.2 Å². The second kappa shape index (κ2) is 9.36. The fourth-order valence-electron chi connectivity index (χ4n) is 4.43. The number of carbonyl (C=O) groups is 1. The first kappa shape index (κ1) is 25.1. The molecule has 33 heavy (non-hydrogen) atoms. The Morgan fingerprint density at radius 2 is 1.94 bits per heavy atom. The zero-order valence-electron chi connectivity index (χ0n) is 18.8. The molecule has 0 aromatic heterocycles. The summed E-state index contributed by atoms with van der Waals surface area (Å²) in [5.74, 6) is -3.00. The second-order valence-corrected chi connectivity index (χ2v) is 8.76. The van der Waals surface area contributed by atoms with E-state index in [9.17, 15) is 26.7 Å². The van der Waals surface area contributed by atoms with Crippen LogP contribution in [0.5, 0.6) is 0 Å². The quantitative estimate of drug-likeness (QED) is 0.491. The van der Waals surface area contributed by atoms with E-state index >= 15 is 0 Å². The highest BCUT2D eigenvalue weighted by molar-refractivity contribution is 5.85. The van der Waals surface area contributed by atoms with Crippen molar-refractivity contribution in [2.24, 2.45) is 15.9 Å². The summed E-state index contributed by atoms with van der Waals surface area (Å²) >= 11 is 0. The predicted octanol–water partition coefficient (Wildman–Crippen LogP) is 4.43. The first-order valence-corrected chi connectivity index (χ1v) is 10.7. The number of anilines is 1. The Labute approximate surface area is 189 Å². The van der Waals surface area contributed by atoms with Gasteiger partial charge in [-0.15, -0.1) is 0 Å². The van der Waals surface area contributed by atoms with Crippen molar-refractivity contribution in [2.45, 2.75) is 51.4 Å². The summed E-state index contributed by atoms with van der Waals surface area (Å²) in [7, 11) is 0. The molecule has 1 unspecified atom stereocenters. The van der Waals surface area contributed by atoms with Crippen LogP contribution in [0, 0.1) is 5.92 Å². The molecule has 2 aliphatic rings. The van der Waals surface area contributed by atoms with Crippen LogP contribution >= 0.6 is 0 Å². The van der Waals surface area contributed by atoms with Gasteiger partial charge in [0.2, 0.25) is 5.91 Å². The Morgan fingerprint density at radius 1 is 1.27 bits per heavy atom. The van der Waals surface area contributed by atoms with Gasteiger partial charge in [0.1, 0.15) is 11.4 Å². The maximum Gasteiger partial charge on any atom is 0.418 e. The molecule has 182 valence electrons. The lowest BCUT2D eigenvalue weighted by Gasteiger charge is -2.43. The maximum absolute atomic E-state index is 13.5. The minimum atomic E-state index is -4.60. The normalized spacial score (nSPS) is 24.4. The summed E-state index contributed by atoms with van der Waals surface area (Å²) in [4.78, 5) is 23.7. The first-order valence-electron chi connectivity index (χ1n) is 10.7. The highest BCUT2D eigenvalue weighted by atomic mass is 19.4. The molecule has 2 saturated heterocycles. The van der Waals surface area contributed by atoms with E-state index in [0.29, 0.717) is 25.2 Å². The molecule has 0 aliphatic carbocycles. The Hall–Kier alpha value is -2.56. The fraction of sp³-hybridized carbons (Fsp3) is 0.591. The van der Waals surface area contributed by atoms with Crippen molar-refractivity contribution in [3.8, 4) is 0 Å². The van der Waals surface area contributed by atoms with Gasteiger partial charge < -0.3 is 10.2 Å². The summed E-state index contributed by atoms with van der Waals surface area (Å²) in [6, 6.07) is 1.33. The van der Waals surface area contributed by atoms with E-state index in [2.05, 4.69) is 22.0 Å². The van der Waals surface area contributed by atoms with E-state index in [1.165, 1.54) is 24.1 Å². The molecule has 0 saturated carbocycles. The number of piperidine rings is 1. The molecular weight excluding hydrogens is 445 g/mol. The first-order chi connectivity index (χ1) is 15.4. The van der Waals surface area contributed by atoms with Crippen molar-refractivity contribution >= 4 is 35.9 Å². The molecule has 1 aromatic rings. The number of carbonyl (C=O) groups excluding carboxylic acids is 1. The molecule has 11 heteroatoms. The number of aliphatic imine (C=N–C) groups is 2. The number of rotatable bonds is 6. The molecule has 1 N–H and O–H groups in total. The molecule has 1 amide bonds. The van der Waals surface area contributed by atoms with E-state index in [4.69, 9.17) is 0 Å². The molecule has 0 spiro atoms. The molecule has 2 fully saturated rings. The Morgan fingerprint density at radius 3 is 2.48 bits per heavy atom. The molecule has 2 aliphatic heterocycles. The number of hydrogen-bond acceptors (Lipinski definition) is 5. The lowest BCUT2D eigenvalue weighted by molar-refractivity contribution is -0.156. The summed E-state index contributed by atoms with van der Waals surface area (Å²) in [6.07, 6.45) is -2.68. The number of halogens is 5. The van der Waals surface area contributed by atoms with Gasteiger partial charge in [-0.25, -0.2) is 8.78 Å². The number of likely N-dealkylation sites (tertiary alicyclic amines) is 1. The topological polar surface area (TPSA) is 60.3 Å². The van der Waals surface area contributed by atoms with E-state index in [1.807, 2.05) is 11.8 Å². The lowest BCUT2D eigenvalue weighted by Crippen LogP contribution is -2.63. The van der Waals surface area contributed by atoms with Crippen LogP contribution in [0.15, 0.2) is 22.1 Å². The zero-order valence-corrected chi connectivity index (χ0v) is 18.8. The van der Waals surface area contributed by atoms with Crippen molar-refractivity contribution in [1.82, 2.24) is 10.2 Å². The summed E-state index contributed by atoms with van der Waals surface area (Å²) in [5, 5.41) is 2.92. The van der Waals surface area contributed by atoms with Crippen LogP contribution in [-0.4, -0.2) is 67.9 Å². The molecule has 0 radical (unpaired) electrons. The largest absolute Gasteiger partial charge is 0.418 e. The highest BCUT2D eigenvalue weighted by Gasteiger charge is 2.47. The Balaban J connectivity index is 1.81.